The molecule has 1 saturated carbocycles. The van der Waals surface area contributed by atoms with Crippen molar-refractivity contribution in [3.8, 4) is 6.07 Å². The molecule has 2 aromatic rings. The van der Waals surface area contributed by atoms with Crippen LogP contribution in [0.15, 0.2) is 17.6 Å². The van der Waals surface area contributed by atoms with E-state index in [1.807, 2.05) is 17.6 Å². The molecule has 3 nitrogen and oxygen atoms in total. The normalized spacial score (nSPS) is 24.0. The fourth-order valence-corrected chi connectivity index (χ4v) is 2.98. The first-order chi connectivity index (χ1) is 7.79. The van der Waals surface area contributed by atoms with E-state index in [9.17, 15) is 5.11 Å². The molecule has 1 aliphatic rings. The van der Waals surface area contributed by atoms with Gasteiger partial charge in [-0.1, -0.05) is 0 Å². The van der Waals surface area contributed by atoms with Gasteiger partial charge in [0.25, 0.3) is 0 Å². The molecule has 0 unspecified atom stereocenters. The SMILES string of the molecule is N#Cc1ccc2scnc2c1C1CC(O)C1. The van der Waals surface area contributed by atoms with E-state index in [0.29, 0.717) is 11.5 Å². The second-order valence-corrected chi connectivity index (χ2v) is 5.05. The van der Waals surface area contributed by atoms with Gasteiger partial charge in [-0.05, 0) is 30.9 Å². The standard InChI is InChI=1S/C12H10N2OS/c13-5-7-1-2-10-12(14-6-16-10)11(7)8-3-9(15)4-8/h1-2,6,8-9,15H,3-4H2. The lowest BCUT2D eigenvalue weighted by Gasteiger charge is -2.32. The van der Waals surface area contributed by atoms with E-state index in [2.05, 4.69) is 11.1 Å². The van der Waals surface area contributed by atoms with Crippen LogP contribution in [0.25, 0.3) is 10.2 Å². The van der Waals surface area contributed by atoms with Crippen LogP contribution in [0.4, 0.5) is 0 Å². The maximum atomic E-state index is 9.37. The second-order valence-electron chi connectivity index (χ2n) is 4.16. The Bertz CT molecular complexity index is 578. The van der Waals surface area contributed by atoms with Crippen molar-refractivity contribution in [2.75, 3.05) is 0 Å². The first-order valence-corrected chi connectivity index (χ1v) is 6.12. The van der Waals surface area contributed by atoms with Crippen LogP contribution in [0.1, 0.15) is 29.9 Å². The fourth-order valence-electron chi connectivity index (χ4n) is 2.29. The smallest absolute Gasteiger partial charge is 0.0995 e. The molecule has 1 aromatic heterocycles. The Labute approximate surface area is 97.0 Å². The highest BCUT2D eigenvalue weighted by Crippen LogP contribution is 2.41. The van der Waals surface area contributed by atoms with Gasteiger partial charge >= 0.3 is 0 Å². The first-order valence-electron chi connectivity index (χ1n) is 5.24. The molecule has 1 aliphatic carbocycles. The zero-order valence-corrected chi connectivity index (χ0v) is 9.37. The van der Waals surface area contributed by atoms with E-state index in [1.165, 1.54) is 0 Å². The molecule has 1 heterocycles. The second kappa shape index (κ2) is 3.55. The molecule has 0 amide bonds. The molecule has 0 atom stereocenters. The lowest BCUT2D eigenvalue weighted by molar-refractivity contribution is 0.0750. The van der Waals surface area contributed by atoms with Crippen molar-refractivity contribution in [3.05, 3.63) is 28.8 Å². The molecule has 0 saturated heterocycles. The fraction of sp³-hybridized carbons (Fsp3) is 0.333. The summed E-state index contributed by atoms with van der Waals surface area (Å²) in [6.45, 7) is 0. The average molecular weight is 230 g/mol. The number of thiazole rings is 1. The molecule has 4 heteroatoms. The van der Waals surface area contributed by atoms with Crippen LogP contribution in [-0.4, -0.2) is 16.2 Å². The van der Waals surface area contributed by atoms with Crippen LogP contribution < -0.4 is 0 Å². The van der Waals surface area contributed by atoms with E-state index >= 15 is 0 Å². The van der Waals surface area contributed by atoms with Crippen molar-refractivity contribution in [2.24, 2.45) is 0 Å². The number of hydrogen-bond donors (Lipinski definition) is 1. The van der Waals surface area contributed by atoms with Crippen molar-refractivity contribution >= 4 is 21.6 Å². The summed E-state index contributed by atoms with van der Waals surface area (Å²) in [6, 6.07) is 6.03. The van der Waals surface area contributed by atoms with Gasteiger partial charge in [-0.15, -0.1) is 11.3 Å². The Kier molecular flexibility index (Phi) is 2.16. The lowest BCUT2D eigenvalue weighted by atomic mass is 9.76. The van der Waals surface area contributed by atoms with Gasteiger partial charge in [0.05, 0.1) is 33.5 Å². The lowest BCUT2D eigenvalue weighted by Crippen LogP contribution is -2.27. The van der Waals surface area contributed by atoms with Gasteiger partial charge in [0.1, 0.15) is 0 Å². The number of nitrogens with zero attached hydrogens (tertiary/aromatic N) is 2. The quantitative estimate of drug-likeness (QED) is 0.818. The third-order valence-electron chi connectivity index (χ3n) is 3.18. The zero-order chi connectivity index (χ0) is 11.1. The van der Waals surface area contributed by atoms with Gasteiger partial charge in [0.15, 0.2) is 0 Å². The van der Waals surface area contributed by atoms with Gasteiger partial charge in [-0.2, -0.15) is 5.26 Å². The summed E-state index contributed by atoms with van der Waals surface area (Å²) in [6.07, 6.45) is 1.31. The van der Waals surface area contributed by atoms with Gasteiger partial charge in [0, 0.05) is 5.56 Å². The van der Waals surface area contributed by atoms with Crippen LogP contribution in [0.5, 0.6) is 0 Å². The molecule has 80 valence electrons. The van der Waals surface area contributed by atoms with E-state index < -0.39 is 0 Å². The number of hydrogen-bond acceptors (Lipinski definition) is 4. The molecule has 16 heavy (non-hydrogen) atoms. The highest BCUT2D eigenvalue weighted by molar-refractivity contribution is 7.16. The van der Waals surface area contributed by atoms with Crippen LogP contribution in [0, 0.1) is 11.3 Å². The summed E-state index contributed by atoms with van der Waals surface area (Å²) in [5, 5.41) is 18.5. The molecule has 1 fully saturated rings. The molecular weight excluding hydrogens is 220 g/mol. The highest BCUT2D eigenvalue weighted by Gasteiger charge is 2.32. The Balaban J connectivity index is 2.19. The van der Waals surface area contributed by atoms with Crippen LogP contribution in [-0.2, 0) is 0 Å². The third kappa shape index (κ3) is 1.33. The van der Waals surface area contributed by atoms with Crippen molar-refractivity contribution < 1.29 is 5.11 Å². The van der Waals surface area contributed by atoms with Gasteiger partial charge in [-0.3, -0.25) is 0 Å². The topological polar surface area (TPSA) is 56.9 Å². The Morgan fingerprint density at radius 2 is 2.25 bits per heavy atom. The van der Waals surface area contributed by atoms with Crippen LogP contribution in [0.3, 0.4) is 0 Å². The summed E-state index contributed by atoms with van der Waals surface area (Å²) in [4.78, 5) is 4.34. The van der Waals surface area contributed by atoms with Crippen LogP contribution in [0.2, 0.25) is 0 Å². The molecule has 3 rings (SSSR count). The molecule has 0 bridgehead atoms. The minimum atomic E-state index is -0.203. The van der Waals surface area contributed by atoms with Crippen LogP contribution >= 0.6 is 11.3 Å². The predicted molar refractivity (Wildman–Crippen MR) is 62.3 cm³/mol. The average Bonchev–Trinajstić information content (AvgIpc) is 2.71. The summed E-state index contributed by atoms with van der Waals surface area (Å²) >= 11 is 1.59. The summed E-state index contributed by atoms with van der Waals surface area (Å²) in [5.74, 6) is 0.301. The number of rotatable bonds is 1. The molecule has 0 radical (unpaired) electrons. The summed E-state index contributed by atoms with van der Waals surface area (Å²) in [7, 11) is 0. The minimum absolute atomic E-state index is 0.203. The predicted octanol–water partition coefficient (Wildman–Crippen LogP) is 2.41. The number of aromatic nitrogens is 1. The Hall–Kier alpha value is -1.44. The molecule has 1 N–H and O–H groups in total. The first kappa shape index (κ1) is 9.76. The Morgan fingerprint density at radius 3 is 2.94 bits per heavy atom. The maximum absolute atomic E-state index is 9.37. The number of aliphatic hydroxyl groups excluding tert-OH is 1. The van der Waals surface area contributed by atoms with Gasteiger partial charge < -0.3 is 5.11 Å². The largest absolute Gasteiger partial charge is 0.393 e. The highest BCUT2D eigenvalue weighted by atomic mass is 32.1. The van der Waals surface area contributed by atoms with E-state index in [-0.39, 0.29) is 6.10 Å². The summed E-state index contributed by atoms with van der Waals surface area (Å²) in [5.41, 5.74) is 4.49. The van der Waals surface area contributed by atoms with E-state index in [1.54, 1.807) is 11.3 Å². The zero-order valence-electron chi connectivity index (χ0n) is 8.55. The van der Waals surface area contributed by atoms with E-state index in [4.69, 9.17) is 5.26 Å². The van der Waals surface area contributed by atoms with Gasteiger partial charge in [-0.25, -0.2) is 4.98 Å². The Morgan fingerprint density at radius 1 is 1.44 bits per heavy atom. The molecular formula is C12H10N2OS. The van der Waals surface area contributed by atoms with Crippen molar-refractivity contribution in [1.82, 2.24) is 4.98 Å². The number of fused-ring (bicyclic) bond motifs is 1. The van der Waals surface area contributed by atoms with Gasteiger partial charge in [0.2, 0.25) is 0 Å². The van der Waals surface area contributed by atoms with E-state index in [0.717, 1.165) is 28.6 Å². The molecule has 0 spiro atoms. The maximum Gasteiger partial charge on any atom is 0.0995 e. The number of nitriles is 1. The molecule has 0 aliphatic heterocycles. The minimum Gasteiger partial charge on any atom is -0.393 e. The number of benzene rings is 1. The summed E-state index contributed by atoms with van der Waals surface area (Å²) < 4.78 is 1.12. The number of aliphatic hydroxyl groups is 1. The van der Waals surface area contributed by atoms with Crippen molar-refractivity contribution in [1.29, 1.82) is 5.26 Å². The molecule has 1 aromatic carbocycles. The van der Waals surface area contributed by atoms with Crippen molar-refractivity contribution in [3.63, 3.8) is 0 Å². The third-order valence-corrected chi connectivity index (χ3v) is 3.98. The monoisotopic (exact) mass is 230 g/mol. The van der Waals surface area contributed by atoms with Crippen molar-refractivity contribution in [2.45, 2.75) is 24.9 Å².